The van der Waals surface area contributed by atoms with Gasteiger partial charge in [-0.3, -0.25) is 14.5 Å². The van der Waals surface area contributed by atoms with E-state index in [4.69, 9.17) is 4.74 Å². The van der Waals surface area contributed by atoms with Crippen molar-refractivity contribution in [3.8, 4) is 0 Å². The summed E-state index contributed by atoms with van der Waals surface area (Å²) >= 11 is 0. The van der Waals surface area contributed by atoms with Gasteiger partial charge in [0.05, 0.1) is 12.5 Å². The lowest BCUT2D eigenvalue weighted by atomic mass is 10.1. The molecule has 0 spiro atoms. The van der Waals surface area contributed by atoms with Crippen LogP contribution < -0.4 is 4.90 Å². The highest BCUT2D eigenvalue weighted by Gasteiger charge is 2.37. The first kappa shape index (κ1) is 17.9. The second kappa shape index (κ2) is 7.97. The summed E-state index contributed by atoms with van der Waals surface area (Å²) < 4.78 is 5.11. The van der Waals surface area contributed by atoms with Crippen LogP contribution in [0.15, 0.2) is 24.3 Å². The highest BCUT2D eigenvalue weighted by atomic mass is 16.5. The van der Waals surface area contributed by atoms with Crippen molar-refractivity contribution in [3.63, 3.8) is 0 Å². The Labute approximate surface area is 149 Å². The molecule has 2 saturated heterocycles. The van der Waals surface area contributed by atoms with Crippen LogP contribution in [0.4, 0.5) is 5.69 Å². The van der Waals surface area contributed by atoms with Crippen LogP contribution in [0.1, 0.15) is 12.0 Å². The zero-order valence-corrected chi connectivity index (χ0v) is 15.1. The minimum atomic E-state index is -0.224. The monoisotopic (exact) mass is 345 g/mol. The summed E-state index contributed by atoms with van der Waals surface area (Å²) in [4.78, 5) is 31.2. The Balaban J connectivity index is 1.56. The van der Waals surface area contributed by atoms with Crippen LogP contribution >= 0.6 is 0 Å². The third-order valence-electron chi connectivity index (χ3n) is 5.08. The number of benzene rings is 1. The maximum Gasteiger partial charge on any atom is 0.228 e. The average Bonchev–Trinajstić information content (AvgIpc) is 3.01. The molecule has 136 valence electrons. The summed E-state index contributed by atoms with van der Waals surface area (Å²) in [5, 5.41) is 0. The van der Waals surface area contributed by atoms with E-state index in [1.54, 1.807) is 12.0 Å². The zero-order chi connectivity index (χ0) is 17.8. The summed E-state index contributed by atoms with van der Waals surface area (Å²) in [7, 11) is 1.71. The molecule has 0 bridgehead atoms. The van der Waals surface area contributed by atoms with Crippen molar-refractivity contribution in [2.45, 2.75) is 13.3 Å². The third kappa shape index (κ3) is 4.19. The summed E-state index contributed by atoms with van der Waals surface area (Å²) in [6, 6.07) is 7.90. The molecule has 0 aromatic heterocycles. The standard InChI is InChI=1S/C19H27N3O3/c1-15-4-3-5-17(12-15)22-14-16(13-18(22)23)19(24)21-8-6-20(7-9-21)10-11-25-2/h3-5,12,16H,6-11,13-14H2,1-2H3/t16-/m1/s1. The van der Waals surface area contributed by atoms with Crippen LogP contribution in [0.5, 0.6) is 0 Å². The van der Waals surface area contributed by atoms with E-state index in [9.17, 15) is 9.59 Å². The molecule has 1 atom stereocenters. The van der Waals surface area contributed by atoms with Crippen molar-refractivity contribution in [3.05, 3.63) is 29.8 Å². The van der Waals surface area contributed by atoms with Crippen LogP contribution in [0.3, 0.4) is 0 Å². The number of rotatable bonds is 5. The fourth-order valence-electron chi connectivity index (χ4n) is 3.59. The first-order chi connectivity index (χ1) is 12.1. The van der Waals surface area contributed by atoms with Gasteiger partial charge in [-0.1, -0.05) is 12.1 Å². The minimum Gasteiger partial charge on any atom is -0.383 e. The van der Waals surface area contributed by atoms with E-state index in [1.807, 2.05) is 36.1 Å². The summed E-state index contributed by atoms with van der Waals surface area (Å²) in [5.74, 6) is -0.0592. The predicted molar refractivity (Wildman–Crippen MR) is 96.5 cm³/mol. The smallest absolute Gasteiger partial charge is 0.228 e. The lowest BCUT2D eigenvalue weighted by Gasteiger charge is -2.35. The highest BCUT2D eigenvalue weighted by Crippen LogP contribution is 2.27. The third-order valence-corrected chi connectivity index (χ3v) is 5.08. The number of methoxy groups -OCH3 is 1. The Kier molecular flexibility index (Phi) is 5.71. The van der Waals surface area contributed by atoms with E-state index in [0.29, 0.717) is 13.0 Å². The SMILES string of the molecule is COCCN1CCN(C(=O)[C@@H]2CC(=O)N(c3cccc(C)c3)C2)CC1. The van der Waals surface area contributed by atoms with Gasteiger partial charge in [-0.15, -0.1) is 0 Å². The van der Waals surface area contributed by atoms with Crippen molar-refractivity contribution in [1.29, 1.82) is 0 Å². The molecular weight excluding hydrogens is 318 g/mol. The number of hydrogen-bond donors (Lipinski definition) is 0. The van der Waals surface area contributed by atoms with Gasteiger partial charge in [0, 0.05) is 58.5 Å². The van der Waals surface area contributed by atoms with Crippen molar-refractivity contribution in [2.75, 3.05) is 57.9 Å². The van der Waals surface area contributed by atoms with Gasteiger partial charge in [-0.05, 0) is 24.6 Å². The molecule has 25 heavy (non-hydrogen) atoms. The van der Waals surface area contributed by atoms with Gasteiger partial charge >= 0.3 is 0 Å². The topological polar surface area (TPSA) is 53.1 Å². The van der Waals surface area contributed by atoms with E-state index in [-0.39, 0.29) is 17.7 Å². The fraction of sp³-hybridized carbons (Fsp3) is 0.579. The molecule has 0 saturated carbocycles. The lowest BCUT2D eigenvalue weighted by molar-refractivity contribution is -0.137. The molecule has 2 fully saturated rings. The minimum absolute atomic E-state index is 0.0441. The maximum absolute atomic E-state index is 12.8. The van der Waals surface area contributed by atoms with Gasteiger partial charge in [0.1, 0.15) is 0 Å². The number of anilines is 1. The van der Waals surface area contributed by atoms with Crippen LogP contribution in [-0.4, -0.2) is 74.6 Å². The summed E-state index contributed by atoms with van der Waals surface area (Å²) in [6.45, 7) is 7.34. The van der Waals surface area contributed by atoms with Crippen LogP contribution in [0, 0.1) is 12.8 Å². The van der Waals surface area contributed by atoms with E-state index < -0.39 is 0 Å². The fourth-order valence-corrected chi connectivity index (χ4v) is 3.59. The van der Waals surface area contributed by atoms with Crippen LogP contribution in [0.2, 0.25) is 0 Å². The van der Waals surface area contributed by atoms with Crippen LogP contribution in [0.25, 0.3) is 0 Å². The molecule has 0 radical (unpaired) electrons. The Bertz CT molecular complexity index is 626. The molecule has 1 aromatic rings. The molecule has 6 nitrogen and oxygen atoms in total. The van der Waals surface area contributed by atoms with Crippen molar-refractivity contribution in [2.24, 2.45) is 5.92 Å². The first-order valence-electron chi connectivity index (χ1n) is 8.95. The number of aryl methyl sites for hydroxylation is 1. The van der Waals surface area contributed by atoms with E-state index in [2.05, 4.69) is 4.90 Å². The van der Waals surface area contributed by atoms with Crippen molar-refractivity contribution in [1.82, 2.24) is 9.80 Å². The summed E-state index contributed by atoms with van der Waals surface area (Å²) in [5.41, 5.74) is 2.01. The number of amides is 2. The number of nitrogens with zero attached hydrogens (tertiary/aromatic N) is 3. The quantitative estimate of drug-likeness (QED) is 0.803. The second-order valence-electron chi connectivity index (χ2n) is 6.90. The number of ether oxygens (including phenoxy) is 1. The normalized spacial score (nSPS) is 21.8. The molecule has 0 aliphatic carbocycles. The molecule has 3 rings (SSSR count). The summed E-state index contributed by atoms with van der Waals surface area (Å²) in [6.07, 6.45) is 0.316. The molecule has 0 unspecified atom stereocenters. The largest absolute Gasteiger partial charge is 0.383 e. The highest BCUT2D eigenvalue weighted by molar-refractivity contribution is 6.00. The molecule has 2 amide bonds. The molecule has 1 aromatic carbocycles. The van der Waals surface area contributed by atoms with Gasteiger partial charge in [0.15, 0.2) is 0 Å². The first-order valence-corrected chi connectivity index (χ1v) is 8.95. The zero-order valence-electron chi connectivity index (χ0n) is 15.1. The Hall–Kier alpha value is -1.92. The van der Waals surface area contributed by atoms with Gasteiger partial charge < -0.3 is 14.5 Å². The van der Waals surface area contributed by atoms with Gasteiger partial charge in [0.2, 0.25) is 11.8 Å². The number of carbonyl (C=O) groups is 2. The molecule has 2 aliphatic heterocycles. The predicted octanol–water partition coefficient (Wildman–Crippen LogP) is 1.14. The molecule has 6 heteroatoms. The number of hydrogen-bond acceptors (Lipinski definition) is 4. The van der Waals surface area contributed by atoms with Gasteiger partial charge in [0.25, 0.3) is 0 Å². The van der Waals surface area contributed by atoms with Gasteiger partial charge in [-0.2, -0.15) is 0 Å². The van der Waals surface area contributed by atoms with E-state index in [0.717, 1.165) is 50.6 Å². The number of carbonyl (C=O) groups excluding carboxylic acids is 2. The number of piperazine rings is 1. The molecule has 2 aliphatic rings. The van der Waals surface area contributed by atoms with E-state index in [1.165, 1.54) is 0 Å². The van der Waals surface area contributed by atoms with Crippen LogP contribution in [-0.2, 0) is 14.3 Å². The molecule has 0 N–H and O–H groups in total. The average molecular weight is 345 g/mol. The Morgan fingerprint density at radius 3 is 2.68 bits per heavy atom. The lowest BCUT2D eigenvalue weighted by Crippen LogP contribution is -2.51. The molecular formula is C19H27N3O3. The molecule has 2 heterocycles. The van der Waals surface area contributed by atoms with E-state index >= 15 is 0 Å². The van der Waals surface area contributed by atoms with Crippen molar-refractivity contribution < 1.29 is 14.3 Å². The Morgan fingerprint density at radius 2 is 2.00 bits per heavy atom. The van der Waals surface area contributed by atoms with Crippen molar-refractivity contribution >= 4 is 17.5 Å². The maximum atomic E-state index is 12.8. The Morgan fingerprint density at radius 1 is 1.24 bits per heavy atom. The van der Waals surface area contributed by atoms with Gasteiger partial charge in [-0.25, -0.2) is 0 Å². The second-order valence-corrected chi connectivity index (χ2v) is 6.90.